The van der Waals surface area contributed by atoms with Crippen molar-refractivity contribution in [3.05, 3.63) is 52.5 Å². The fraction of sp³-hybridized carbons (Fsp3) is 0.286. The number of fused-ring (bicyclic) bond motifs is 1. The molecule has 0 atom stereocenters. The highest BCUT2D eigenvalue weighted by Gasteiger charge is 2.18. The third-order valence-electron chi connectivity index (χ3n) is 4.88. The Labute approximate surface area is 191 Å². The van der Waals surface area contributed by atoms with Crippen LogP contribution in [-0.2, 0) is 6.54 Å². The standard InChI is InChI=1S/C21H20ClN5OS.ClH/c1-28-19-5-3-15(11-18(19)22)13-24-20-17-10-14(12-23)2-4-16(17)21(26-25-20)27-6-8-29-9-7-27;/h2-5,10-11H,6-9,13H2,1H3,(H,24,25);1H. The molecule has 156 valence electrons. The van der Waals surface area contributed by atoms with Crippen LogP contribution in [0.4, 0.5) is 11.6 Å². The second-order valence-electron chi connectivity index (χ2n) is 6.67. The van der Waals surface area contributed by atoms with E-state index in [9.17, 15) is 5.26 Å². The van der Waals surface area contributed by atoms with Crippen molar-refractivity contribution in [1.29, 1.82) is 5.26 Å². The van der Waals surface area contributed by atoms with E-state index in [2.05, 4.69) is 26.5 Å². The first kappa shape index (κ1) is 22.3. The van der Waals surface area contributed by atoms with Crippen molar-refractivity contribution in [1.82, 2.24) is 10.2 Å². The van der Waals surface area contributed by atoms with Gasteiger partial charge >= 0.3 is 0 Å². The Morgan fingerprint density at radius 1 is 1.17 bits per heavy atom. The summed E-state index contributed by atoms with van der Waals surface area (Å²) in [5, 5.41) is 24.1. The molecule has 1 aliphatic heterocycles. The van der Waals surface area contributed by atoms with E-state index in [-0.39, 0.29) is 12.4 Å². The van der Waals surface area contributed by atoms with Gasteiger partial charge in [0.1, 0.15) is 5.75 Å². The number of nitriles is 1. The van der Waals surface area contributed by atoms with Gasteiger partial charge in [-0.15, -0.1) is 22.6 Å². The van der Waals surface area contributed by atoms with Crippen LogP contribution < -0.4 is 15.0 Å². The monoisotopic (exact) mass is 461 g/mol. The number of aromatic nitrogens is 2. The van der Waals surface area contributed by atoms with Gasteiger partial charge in [-0.1, -0.05) is 17.7 Å². The van der Waals surface area contributed by atoms with E-state index in [1.807, 2.05) is 48.2 Å². The van der Waals surface area contributed by atoms with Gasteiger partial charge in [0.15, 0.2) is 11.6 Å². The average molecular weight is 462 g/mol. The molecule has 0 amide bonds. The Morgan fingerprint density at radius 2 is 1.97 bits per heavy atom. The predicted molar refractivity (Wildman–Crippen MR) is 126 cm³/mol. The predicted octanol–water partition coefficient (Wildman–Crippen LogP) is 4.75. The van der Waals surface area contributed by atoms with E-state index in [1.54, 1.807) is 7.11 Å². The molecule has 2 heterocycles. The summed E-state index contributed by atoms with van der Waals surface area (Å²) < 4.78 is 5.21. The number of nitrogens with one attached hydrogen (secondary N) is 1. The highest BCUT2D eigenvalue weighted by molar-refractivity contribution is 7.99. The van der Waals surface area contributed by atoms with Crippen LogP contribution in [0.3, 0.4) is 0 Å². The molecule has 9 heteroatoms. The van der Waals surface area contributed by atoms with Gasteiger partial charge in [-0.3, -0.25) is 0 Å². The van der Waals surface area contributed by atoms with Crippen molar-refractivity contribution in [2.75, 3.05) is 41.9 Å². The summed E-state index contributed by atoms with van der Waals surface area (Å²) in [6.07, 6.45) is 0. The fourth-order valence-corrected chi connectivity index (χ4v) is 4.54. The van der Waals surface area contributed by atoms with E-state index in [4.69, 9.17) is 16.3 Å². The van der Waals surface area contributed by atoms with Crippen molar-refractivity contribution < 1.29 is 4.74 Å². The molecule has 0 radical (unpaired) electrons. The lowest BCUT2D eigenvalue weighted by atomic mass is 10.1. The van der Waals surface area contributed by atoms with Crippen molar-refractivity contribution in [3.8, 4) is 11.8 Å². The summed E-state index contributed by atoms with van der Waals surface area (Å²) in [4.78, 5) is 2.27. The molecule has 0 bridgehead atoms. The number of nitrogens with zero attached hydrogens (tertiary/aromatic N) is 4. The van der Waals surface area contributed by atoms with E-state index in [0.29, 0.717) is 28.7 Å². The number of halogens is 2. The van der Waals surface area contributed by atoms with Crippen LogP contribution in [0.2, 0.25) is 5.02 Å². The highest BCUT2D eigenvalue weighted by atomic mass is 35.5. The highest BCUT2D eigenvalue weighted by Crippen LogP contribution is 2.31. The molecule has 1 saturated heterocycles. The van der Waals surface area contributed by atoms with Crippen LogP contribution in [0.25, 0.3) is 10.8 Å². The second-order valence-corrected chi connectivity index (χ2v) is 8.30. The zero-order chi connectivity index (χ0) is 20.2. The molecule has 6 nitrogen and oxygen atoms in total. The molecule has 0 aliphatic carbocycles. The van der Waals surface area contributed by atoms with E-state index in [0.717, 1.165) is 46.7 Å². The van der Waals surface area contributed by atoms with Gasteiger partial charge in [-0.05, 0) is 35.9 Å². The first-order valence-electron chi connectivity index (χ1n) is 9.29. The Kier molecular flexibility index (Phi) is 7.48. The van der Waals surface area contributed by atoms with E-state index in [1.165, 1.54) is 0 Å². The number of rotatable bonds is 5. The van der Waals surface area contributed by atoms with Crippen molar-refractivity contribution in [3.63, 3.8) is 0 Å². The Bertz CT molecular complexity index is 1080. The SMILES string of the molecule is COc1ccc(CNc2nnc(N3CCSCC3)c3ccc(C#N)cc23)cc1Cl.Cl. The maximum Gasteiger partial charge on any atom is 0.159 e. The van der Waals surface area contributed by atoms with Crippen LogP contribution in [-0.4, -0.2) is 41.9 Å². The van der Waals surface area contributed by atoms with Gasteiger partial charge in [-0.25, -0.2) is 0 Å². The summed E-state index contributed by atoms with van der Waals surface area (Å²) >= 11 is 8.18. The van der Waals surface area contributed by atoms with E-state index < -0.39 is 0 Å². The minimum absolute atomic E-state index is 0. The second kappa shape index (κ2) is 10.1. The zero-order valence-electron chi connectivity index (χ0n) is 16.4. The normalized spacial score (nSPS) is 13.4. The van der Waals surface area contributed by atoms with Gasteiger partial charge in [0.05, 0.1) is 23.8 Å². The van der Waals surface area contributed by atoms with Crippen LogP contribution in [0, 0.1) is 11.3 Å². The number of benzene rings is 2. The zero-order valence-corrected chi connectivity index (χ0v) is 18.8. The molecule has 0 spiro atoms. The number of thioether (sulfide) groups is 1. The summed E-state index contributed by atoms with van der Waals surface area (Å²) in [5.41, 5.74) is 1.60. The van der Waals surface area contributed by atoms with Crippen molar-refractivity contribution in [2.24, 2.45) is 0 Å². The smallest absolute Gasteiger partial charge is 0.159 e. The van der Waals surface area contributed by atoms with Crippen LogP contribution in [0.1, 0.15) is 11.1 Å². The van der Waals surface area contributed by atoms with Crippen molar-refractivity contribution >= 4 is 58.2 Å². The molecule has 0 unspecified atom stereocenters. The van der Waals surface area contributed by atoms with Crippen LogP contribution in [0.5, 0.6) is 5.75 Å². The van der Waals surface area contributed by atoms with E-state index >= 15 is 0 Å². The molecular weight excluding hydrogens is 441 g/mol. The molecule has 3 aromatic rings. The number of hydrogen-bond donors (Lipinski definition) is 1. The van der Waals surface area contributed by atoms with Gasteiger partial charge in [0.2, 0.25) is 0 Å². The molecule has 1 aliphatic rings. The molecule has 1 fully saturated rings. The molecule has 1 N–H and O–H groups in total. The number of anilines is 2. The first-order chi connectivity index (χ1) is 14.2. The first-order valence-corrected chi connectivity index (χ1v) is 10.8. The molecule has 2 aromatic carbocycles. The Balaban J connectivity index is 0.00000256. The molecular formula is C21H21Cl2N5OS. The minimum atomic E-state index is 0. The maximum absolute atomic E-state index is 9.35. The summed E-state index contributed by atoms with van der Waals surface area (Å²) in [7, 11) is 1.59. The number of hydrogen-bond acceptors (Lipinski definition) is 7. The molecule has 1 aromatic heterocycles. The van der Waals surface area contributed by atoms with Crippen LogP contribution in [0.15, 0.2) is 36.4 Å². The number of ether oxygens (including phenoxy) is 1. The third-order valence-corrected chi connectivity index (χ3v) is 6.11. The lowest BCUT2D eigenvalue weighted by Gasteiger charge is -2.28. The summed E-state index contributed by atoms with van der Waals surface area (Å²) in [6, 6.07) is 13.5. The van der Waals surface area contributed by atoms with Crippen molar-refractivity contribution in [2.45, 2.75) is 6.54 Å². The minimum Gasteiger partial charge on any atom is -0.495 e. The Morgan fingerprint density at radius 3 is 2.67 bits per heavy atom. The van der Waals surface area contributed by atoms with Crippen LogP contribution >= 0.6 is 35.8 Å². The lowest BCUT2D eigenvalue weighted by Crippen LogP contribution is -2.33. The average Bonchev–Trinajstić information content (AvgIpc) is 2.77. The van der Waals surface area contributed by atoms with Gasteiger partial charge in [0.25, 0.3) is 0 Å². The largest absolute Gasteiger partial charge is 0.495 e. The number of methoxy groups -OCH3 is 1. The molecule has 4 rings (SSSR count). The summed E-state index contributed by atoms with van der Waals surface area (Å²) in [6.45, 7) is 2.43. The van der Waals surface area contributed by atoms with Gasteiger partial charge in [0, 0.05) is 41.9 Å². The fourth-order valence-electron chi connectivity index (χ4n) is 3.35. The third kappa shape index (κ3) is 4.67. The Hall–Kier alpha value is -2.40. The summed E-state index contributed by atoms with van der Waals surface area (Å²) in [5.74, 6) is 4.33. The quantitative estimate of drug-likeness (QED) is 0.587. The maximum atomic E-state index is 9.35. The molecule has 0 saturated carbocycles. The molecule has 30 heavy (non-hydrogen) atoms. The topological polar surface area (TPSA) is 74.1 Å². The lowest BCUT2D eigenvalue weighted by molar-refractivity contribution is 0.415. The van der Waals surface area contributed by atoms with Gasteiger partial charge in [-0.2, -0.15) is 17.0 Å². The van der Waals surface area contributed by atoms with Gasteiger partial charge < -0.3 is 15.0 Å².